The van der Waals surface area contributed by atoms with Crippen molar-refractivity contribution in [2.45, 2.75) is 26.3 Å². The molecule has 1 atom stereocenters. The second-order valence-corrected chi connectivity index (χ2v) is 6.49. The van der Waals surface area contributed by atoms with E-state index in [1.165, 1.54) is 34.4 Å². The molecule has 0 saturated carbocycles. The van der Waals surface area contributed by atoms with Crippen LogP contribution < -0.4 is 5.56 Å². The molecule has 0 aliphatic rings. The predicted octanol–water partition coefficient (Wildman–Crippen LogP) is 3.78. The third-order valence-electron chi connectivity index (χ3n) is 3.88. The van der Waals surface area contributed by atoms with Crippen molar-refractivity contribution in [2.24, 2.45) is 0 Å². The first kappa shape index (κ1) is 17.3. The number of benzene rings is 1. The van der Waals surface area contributed by atoms with Gasteiger partial charge in [-0.25, -0.2) is 14.2 Å². The second kappa shape index (κ2) is 7.14. The van der Waals surface area contributed by atoms with Crippen LogP contribution in [-0.4, -0.2) is 22.1 Å². The maximum atomic E-state index is 13.2. The van der Waals surface area contributed by atoms with Gasteiger partial charge in [0, 0.05) is 10.9 Å². The summed E-state index contributed by atoms with van der Waals surface area (Å²) in [5.74, 6) is -0.810. The molecule has 0 amide bonds. The highest BCUT2D eigenvalue weighted by Crippen LogP contribution is 2.30. The highest BCUT2D eigenvalue weighted by Gasteiger charge is 2.21. The van der Waals surface area contributed by atoms with Gasteiger partial charge in [0.15, 0.2) is 0 Å². The molecule has 0 saturated heterocycles. The zero-order chi connectivity index (χ0) is 18.0. The number of hydrogen-bond donors (Lipinski definition) is 0. The van der Waals surface area contributed by atoms with Gasteiger partial charge in [-0.05, 0) is 31.0 Å². The van der Waals surface area contributed by atoms with Crippen LogP contribution in [0.25, 0.3) is 21.3 Å². The highest BCUT2D eigenvalue weighted by molar-refractivity contribution is 7.17. The first-order valence-corrected chi connectivity index (χ1v) is 8.81. The van der Waals surface area contributed by atoms with E-state index in [9.17, 15) is 14.0 Å². The number of fused-ring (bicyclic) bond motifs is 1. The van der Waals surface area contributed by atoms with Gasteiger partial charge < -0.3 is 4.74 Å². The molecule has 0 aliphatic carbocycles. The quantitative estimate of drug-likeness (QED) is 0.650. The Labute approximate surface area is 147 Å². The summed E-state index contributed by atoms with van der Waals surface area (Å²) in [6.07, 6.45) is 2.08. The summed E-state index contributed by atoms with van der Waals surface area (Å²) in [6, 6.07) is 5.16. The van der Waals surface area contributed by atoms with Gasteiger partial charge in [-0.1, -0.05) is 19.1 Å². The third-order valence-corrected chi connectivity index (χ3v) is 4.77. The van der Waals surface area contributed by atoms with Gasteiger partial charge in [0.25, 0.3) is 5.56 Å². The van der Waals surface area contributed by atoms with Crippen LogP contribution in [0.1, 0.15) is 26.3 Å². The van der Waals surface area contributed by atoms with Crippen molar-refractivity contribution in [3.8, 4) is 11.1 Å². The molecule has 0 bridgehead atoms. The van der Waals surface area contributed by atoms with Crippen LogP contribution in [0.3, 0.4) is 0 Å². The Morgan fingerprint density at radius 1 is 1.36 bits per heavy atom. The molecule has 130 valence electrons. The fourth-order valence-electron chi connectivity index (χ4n) is 2.50. The molecule has 0 unspecified atom stereocenters. The molecule has 3 rings (SSSR count). The number of carbonyl (C=O) groups excluding carboxylic acids is 1. The number of ether oxygens (including phenoxy) is 1. The van der Waals surface area contributed by atoms with Crippen LogP contribution >= 0.6 is 11.3 Å². The van der Waals surface area contributed by atoms with Gasteiger partial charge in [-0.15, -0.1) is 11.3 Å². The van der Waals surface area contributed by atoms with E-state index < -0.39 is 12.0 Å². The first-order valence-electron chi connectivity index (χ1n) is 7.93. The SMILES string of the molecule is CCCOC(=O)[C@@H](C)n1cnc2scc(-c3ccc(F)cc3)c2c1=O. The molecule has 0 fully saturated rings. The summed E-state index contributed by atoms with van der Waals surface area (Å²) in [4.78, 5) is 29.9. The van der Waals surface area contributed by atoms with E-state index in [0.29, 0.717) is 28.8 Å². The van der Waals surface area contributed by atoms with Crippen LogP contribution in [0.2, 0.25) is 0 Å². The van der Waals surface area contributed by atoms with Crippen molar-refractivity contribution in [3.05, 3.63) is 52.1 Å². The Bertz CT molecular complexity index is 963. The summed E-state index contributed by atoms with van der Waals surface area (Å²) < 4.78 is 19.6. The minimum Gasteiger partial charge on any atom is -0.464 e. The van der Waals surface area contributed by atoms with Crippen molar-refractivity contribution < 1.29 is 13.9 Å². The predicted molar refractivity (Wildman–Crippen MR) is 95.2 cm³/mol. The molecule has 1 aromatic carbocycles. The largest absolute Gasteiger partial charge is 0.464 e. The summed E-state index contributed by atoms with van der Waals surface area (Å²) in [5, 5.41) is 2.24. The van der Waals surface area contributed by atoms with E-state index >= 15 is 0 Å². The number of rotatable bonds is 5. The van der Waals surface area contributed by atoms with Gasteiger partial charge in [-0.2, -0.15) is 0 Å². The normalized spacial score (nSPS) is 12.3. The zero-order valence-electron chi connectivity index (χ0n) is 13.9. The maximum Gasteiger partial charge on any atom is 0.328 e. The number of nitrogens with zero attached hydrogens (tertiary/aromatic N) is 2. The lowest BCUT2D eigenvalue weighted by Gasteiger charge is -2.14. The molecular weight excluding hydrogens is 343 g/mol. The van der Waals surface area contributed by atoms with Gasteiger partial charge in [0.2, 0.25) is 0 Å². The Morgan fingerprint density at radius 2 is 2.08 bits per heavy atom. The Morgan fingerprint density at radius 3 is 2.76 bits per heavy atom. The van der Waals surface area contributed by atoms with E-state index in [-0.39, 0.29) is 11.4 Å². The topological polar surface area (TPSA) is 61.2 Å². The number of halogens is 1. The Balaban J connectivity index is 2.07. The number of carbonyl (C=O) groups is 1. The molecule has 2 aromatic heterocycles. The fraction of sp³-hybridized carbons (Fsp3) is 0.278. The lowest BCUT2D eigenvalue weighted by molar-refractivity contribution is -0.147. The van der Waals surface area contributed by atoms with E-state index in [2.05, 4.69) is 4.98 Å². The van der Waals surface area contributed by atoms with Crippen molar-refractivity contribution in [2.75, 3.05) is 6.61 Å². The van der Waals surface area contributed by atoms with E-state index in [1.54, 1.807) is 19.1 Å². The summed E-state index contributed by atoms with van der Waals surface area (Å²) in [5.41, 5.74) is 1.10. The molecular formula is C18H17FN2O3S. The minimum atomic E-state index is -0.767. The molecule has 0 N–H and O–H groups in total. The van der Waals surface area contributed by atoms with Gasteiger partial charge >= 0.3 is 5.97 Å². The fourth-order valence-corrected chi connectivity index (χ4v) is 3.41. The third kappa shape index (κ3) is 3.32. The van der Waals surface area contributed by atoms with Crippen molar-refractivity contribution in [1.82, 2.24) is 9.55 Å². The number of esters is 1. The second-order valence-electron chi connectivity index (χ2n) is 5.64. The van der Waals surface area contributed by atoms with Gasteiger partial charge in [0.1, 0.15) is 16.7 Å². The standard InChI is InChI=1S/C18H17FN2O3S/c1-3-8-24-18(23)11(2)21-10-20-16-15(17(21)22)14(9-25-16)12-4-6-13(19)7-5-12/h4-7,9-11H,3,8H2,1-2H3/t11-/m1/s1. The van der Waals surface area contributed by atoms with E-state index in [4.69, 9.17) is 4.74 Å². The highest BCUT2D eigenvalue weighted by atomic mass is 32.1. The van der Waals surface area contributed by atoms with Crippen LogP contribution in [0.15, 0.2) is 40.8 Å². The molecule has 3 aromatic rings. The summed E-state index contributed by atoms with van der Waals surface area (Å²) in [7, 11) is 0. The first-order chi connectivity index (χ1) is 12.0. The number of hydrogen-bond acceptors (Lipinski definition) is 5. The average Bonchev–Trinajstić information content (AvgIpc) is 3.05. The lowest BCUT2D eigenvalue weighted by atomic mass is 10.1. The van der Waals surface area contributed by atoms with Crippen LogP contribution in [0.5, 0.6) is 0 Å². The molecule has 5 nitrogen and oxygen atoms in total. The number of aromatic nitrogens is 2. The molecule has 0 spiro atoms. The van der Waals surface area contributed by atoms with Crippen LogP contribution in [0, 0.1) is 5.82 Å². The average molecular weight is 360 g/mol. The molecule has 7 heteroatoms. The van der Waals surface area contributed by atoms with Crippen molar-refractivity contribution in [3.63, 3.8) is 0 Å². The molecule has 2 heterocycles. The summed E-state index contributed by atoms with van der Waals surface area (Å²) in [6.45, 7) is 3.82. The number of thiophene rings is 1. The smallest absolute Gasteiger partial charge is 0.328 e. The lowest BCUT2D eigenvalue weighted by Crippen LogP contribution is -2.29. The van der Waals surface area contributed by atoms with Gasteiger partial charge in [-0.3, -0.25) is 9.36 Å². The molecule has 25 heavy (non-hydrogen) atoms. The van der Waals surface area contributed by atoms with E-state index in [0.717, 1.165) is 5.56 Å². The van der Waals surface area contributed by atoms with Gasteiger partial charge in [0.05, 0.1) is 18.3 Å². The van der Waals surface area contributed by atoms with E-state index in [1.807, 2.05) is 12.3 Å². The Hall–Kier alpha value is -2.54. The zero-order valence-corrected chi connectivity index (χ0v) is 14.7. The van der Waals surface area contributed by atoms with Crippen LogP contribution in [-0.2, 0) is 9.53 Å². The Kier molecular flexibility index (Phi) is 4.94. The maximum absolute atomic E-state index is 13.2. The monoisotopic (exact) mass is 360 g/mol. The molecule has 0 radical (unpaired) electrons. The minimum absolute atomic E-state index is 0.312. The van der Waals surface area contributed by atoms with Crippen molar-refractivity contribution >= 4 is 27.5 Å². The summed E-state index contributed by atoms with van der Waals surface area (Å²) >= 11 is 1.34. The van der Waals surface area contributed by atoms with Crippen molar-refractivity contribution in [1.29, 1.82) is 0 Å². The van der Waals surface area contributed by atoms with Crippen LogP contribution in [0.4, 0.5) is 4.39 Å². The molecule has 0 aliphatic heterocycles.